The topological polar surface area (TPSA) is 55.2 Å². The summed E-state index contributed by atoms with van der Waals surface area (Å²) in [6.45, 7) is 2.48. The standard InChI is InChI=1S/C25H16BrClIN3O2/c1-2-30-22-10-3-14(26)11-18(22)19(24(30)32)13-23-29-21-9-6-16(28)12-20(21)25(33)31(23)17-7-4-15(27)5-8-17/h3-13H,2H2,1H3/b19-13-. The monoisotopic (exact) mass is 631 g/mol. The minimum atomic E-state index is -0.208. The first-order valence-corrected chi connectivity index (χ1v) is 12.4. The minimum absolute atomic E-state index is 0.120. The number of fused-ring (bicyclic) bond motifs is 2. The Morgan fingerprint density at radius 3 is 2.55 bits per heavy atom. The van der Waals surface area contributed by atoms with E-state index >= 15 is 0 Å². The molecule has 33 heavy (non-hydrogen) atoms. The summed E-state index contributed by atoms with van der Waals surface area (Å²) in [5.41, 5.74) is 3.12. The minimum Gasteiger partial charge on any atom is -0.308 e. The summed E-state index contributed by atoms with van der Waals surface area (Å²) in [6, 6.07) is 18.3. The Morgan fingerprint density at radius 2 is 1.82 bits per heavy atom. The van der Waals surface area contributed by atoms with Gasteiger partial charge in [0.15, 0.2) is 0 Å². The second kappa shape index (κ2) is 8.70. The van der Waals surface area contributed by atoms with Crippen molar-refractivity contribution in [3.05, 3.63) is 95.5 Å². The van der Waals surface area contributed by atoms with E-state index in [2.05, 4.69) is 38.5 Å². The van der Waals surface area contributed by atoms with Gasteiger partial charge in [0.05, 0.1) is 27.9 Å². The first kappa shape index (κ1) is 22.3. The molecule has 164 valence electrons. The maximum atomic E-state index is 13.6. The molecule has 0 N–H and O–H groups in total. The van der Waals surface area contributed by atoms with Crippen LogP contribution in [-0.2, 0) is 4.79 Å². The number of nitrogens with zero attached hydrogens (tertiary/aromatic N) is 3. The zero-order chi connectivity index (χ0) is 23.3. The van der Waals surface area contributed by atoms with Crippen LogP contribution >= 0.6 is 50.1 Å². The quantitative estimate of drug-likeness (QED) is 0.197. The molecule has 3 aromatic carbocycles. The highest BCUT2D eigenvalue weighted by atomic mass is 127. The Labute approximate surface area is 217 Å². The van der Waals surface area contributed by atoms with Crippen LogP contribution in [0.1, 0.15) is 18.3 Å². The molecule has 0 spiro atoms. The van der Waals surface area contributed by atoms with Gasteiger partial charge in [-0.1, -0.05) is 27.5 Å². The van der Waals surface area contributed by atoms with Crippen molar-refractivity contribution in [2.75, 3.05) is 11.4 Å². The summed E-state index contributed by atoms with van der Waals surface area (Å²) < 4.78 is 3.34. The van der Waals surface area contributed by atoms with Gasteiger partial charge in [-0.3, -0.25) is 14.2 Å². The second-order valence-electron chi connectivity index (χ2n) is 7.52. The lowest BCUT2D eigenvalue weighted by Crippen LogP contribution is -2.26. The zero-order valence-corrected chi connectivity index (χ0v) is 21.8. The maximum absolute atomic E-state index is 13.6. The summed E-state index contributed by atoms with van der Waals surface area (Å²) in [5.74, 6) is 0.258. The Bertz CT molecular complexity index is 1530. The molecule has 2 heterocycles. The van der Waals surface area contributed by atoms with Gasteiger partial charge in [0, 0.05) is 25.2 Å². The van der Waals surface area contributed by atoms with Crippen LogP contribution in [0.25, 0.3) is 28.2 Å². The second-order valence-corrected chi connectivity index (χ2v) is 10.1. The SMILES string of the molecule is CCN1C(=O)/C(=C\c2nc3ccc(I)cc3c(=O)n2-c2ccc(Cl)cc2)c2cc(Br)ccc21. The van der Waals surface area contributed by atoms with Gasteiger partial charge in [-0.2, -0.15) is 0 Å². The Hall–Kier alpha value is -2.49. The van der Waals surface area contributed by atoms with Crippen molar-refractivity contribution >= 4 is 84.3 Å². The lowest BCUT2D eigenvalue weighted by atomic mass is 10.1. The Balaban J connectivity index is 1.82. The number of likely N-dealkylation sites (N-methyl/N-ethyl adjacent to an activating group) is 1. The molecule has 0 fully saturated rings. The molecular formula is C25H16BrClIN3O2. The molecule has 0 saturated carbocycles. The smallest absolute Gasteiger partial charge is 0.266 e. The van der Waals surface area contributed by atoms with Gasteiger partial charge >= 0.3 is 0 Å². The number of benzene rings is 3. The third kappa shape index (κ3) is 3.92. The number of anilines is 1. The molecule has 0 unspecified atom stereocenters. The molecule has 1 aliphatic rings. The molecule has 0 bridgehead atoms. The molecule has 0 atom stereocenters. The van der Waals surface area contributed by atoms with Crippen molar-refractivity contribution in [2.45, 2.75) is 6.92 Å². The fourth-order valence-corrected chi connectivity index (χ4v) is 5.00. The molecule has 0 radical (unpaired) electrons. The molecule has 0 saturated heterocycles. The lowest BCUT2D eigenvalue weighted by Gasteiger charge is -2.14. The third-order valence-corrected chi connectivity index (χ3v) is 6.96. The summed E-state index contributed by atoms with van der Waals surface area (Å²) in [4.78, 5) is 33.4. The fourth-order valence-electron chi connectivity index (χ4n) is 4.02. The van der Waals surface area contributed by atoms with E-state index in [0.717, 1.165) is 19.3 Å². The van der Waals surface area contributed by atoms with E-state index in [1.165, 1.54) is 4.57 Å². The molecule has 5 rings (SSSR count). The molecule has 8 heteroatoms. The van der Waals surface area contributed by atoms with Crippen LogP contribution in [0.3, 0.4) is 0 Å². The predicted molar refractivity (Wildman–Crippen MR) is 145 cm³/mol. The van der Waals surface area contributed by atoms with Crippen LogP contribution in [0.2, 0.25) is 5.02 Å². The van der Waals surface area contributed by atoms with Crippen molar-refractivity contribution in [2.24, 2.45) is 0 Å². The van der Waals surface area contributed by atoms with Crippen LogP contribution in [0.5, 0.6) is 0 Å². The van der Waals surface area contributed by atoms with Gasteiger partial charge in [-0.15, -0.1) is 0 Å². The summed E-state index contributed by atoms with van der Waals surface area (Å²) in [7, 11) is 0. The lowest BCUT2D eigenvalue weighted by molar-refractivity contribution is -0.112. The summed E-state index contributed by atoms with van der Waals surface area (Å²) >= 11 is 11.8. The highest BCUT2D eigenvalue weighted by Gasteiger charge is 2.32. The van der Waals surface area contributed by atoms with Gasteiger partial charge < -0.3 is 4.90 Å². The van der Waals surface area contributed by atoms with E-state index in [-0.39, 0.29) is 11.5 Å². The summed E-state index contributed by atoms with van der Waals surface area (Å²) in [6.07, 6.45) is 1.71. The van der Waals surface area contributed by atoms with Crippen molar-refractivity contribution in [1.29, 1.82) is 0 Å². The van der Waals surface area contributed by atoms with Crippen molar-refractivity contribution < 1.29 is 4.79 Å². The fraction of sp³-hybridized carbons (Fsp3) is 0.0800. The Morgan fingerprint density at radius 1 is 1.06 bits per heavy atom. The van der Waals surface area contributed by atoms with Gasteiger partial charge in [-0.05, 0) is 96.3 Å². The first-order chi connectivity index (χ1) is 15.9. The number of carbonyl (C=O) groups is 1. The van der Waals surface area contributed by atoms with E-state index in [1.54, 1.807) is 35.2 Å². The number of aromatic nitrogens is 2. The van der Waals surface area contributed by atoms with Gasteiger partial charge in [0.25, 0.3) is 11.5 Å². The molecule has 1 aliphatic heterocycles. The van der Waals surface area contributed by atoms with E-state index in [0.29, 0.717) is 39.6 Å². The van der Waals surface area contributed by atoms with Crippen molar-refractivity contribution in [3.63, 3.8) is 0 Å². The van der Waals surface area contributed by atoms with Gasteiger partial charge in [0.1, 0.15) is 5.82 Å². The summed E-state index contributed by atoms with van der Waals surface area (Å²) in [5, 5.41) is 1.08. The highest BCUT2D eigenvalue weighted by molar-refractivity contribution is 14.1. The number of carbonyl (C=O) groups excluding carboxylic acids is 1. The third-order valence-electron chi connectivity index (χ3n) is 5.55. The first-order valence-electron chi connectivity index (χ1n) is 10.2. The molecule has 1 amide bonds. The van der Waals surface area contributed by atoms with E-state index in [4.69, 9.17) is 16.6 Å². The zero-order valence-electron chi connectivity index (χ0n) is 17.3. The van der Waals surface area contributed by atoms with Crippen LogP contribution in [0, 0.1) is 3.57 Å². The van der Waals surface area contributed by atoms with Crippen LogP contribution in [-0.4, -0.2) is 22.0 Å². The number of halogens is 3. The van der Waals surface area contributed by atoms with Crippen molar-refractivity contribution in [3.8, 4) is 5.69 Å². The maximum Gasteiger partial charge on any atom is 0.266 e. The molecule has 4 aromatic rings. The predicted octanol–water partition coefficient (Wildman–Crippen LogP) is 6.31. The average molecular weight is 633 g/mol. The Kier molecular flexibility index (Phi) is 5.88. The number of hydrogen-bond donors (Lipinski definition) is 0. The normalized spacial score (nSPS) is 14.4. The van der Waals surface area contributed by atoms with Gasteiger partial charge in [-0.25, -0.2) is 4.98 Å². The van der Waals surface area contributed by atoms with Crippen LogP contribution in [0.15, 0.2) is 69.9 Å². The van der Waals surface area contributed by atoms with Crippen molar-refractivity contribution in [1.82, 2.24) is 9.55 Å². The molecule has 0 aliphatic carbocycles. The molecular weight excluding hydrogens is 617 g/mol. The number of rotatable bonds is 3. The highest BCUT2D eigenvalue weighted by Crippen LogP contribution is 2.39. The number of hydrogen-bond acceptors (Lipinski definition) is 3. The van der Waals surface area contributed by atoms with Crippen LogP contribution in [0.4, 0.5) is 5.69 Å². The van der Waals surface area contributed by atoms with E-state index in [1.807, 2.05) is 43.3 Å². The average Bonchev–Trinajstić information content (AvgIpc) is 3.05. The van der Waals surface area contributed by atoms with Crippen LogP contribution < -0.4 is 10.5 Å². The largest absolute Gasteiger partial charge is 0.308 e. The van der Waals surface area contributed by atoms with Gasteiger partial charge in [0.2, 0.25) is 0 Å². The molecule has 1 aromatic heterocycles. The number of amides is 1. The van der Waals surface area contributed by atoms with E-state index in [9.17, 15) is 9.59 Å². The molecule has 5 nitrogen and oxygen atoms in total. The van der Waals surface area contributed by atoms with E-state index < -0.39 is 0 Å².